The summed E-state index contributed by atoms with van der Waals surface area (Å²) in [6.07, 6.45) is 2.81. The van der Waals surface area contributed by atoms with Crippen molar-refractivity contribution in [3.8, 4) is 0 Å². The van der Waals surface area contributed by atoms with Gasteiger partial charge in [-0.05, 0) is 55.0 Å². The van der Waals surface area contributed by atoms with Crippen LogP contribution >= 0.6 is 15.9 Å². The fourth-order valence-electron chi connectivity index (χ4n) is 3.78. The maximum atomic E-state index is 12.1. The van der Waals surface area contributed by atoms with Crippen LogP contribution < -0.4 is 5.32 Å². The highest BCUT2D eigenvalue weighted by Crippen LogP contribution is 2.30. The van der Waals surface area contributed by atoms with Gasteiger partial charge in [0.05, 0.1) is 25.4 Å². The van der Waals surface area contributed by atoms with Gasteiger partial charge in [0.1, 0.15) is 0 Å². The Labute approximate surface area is 193 Å². The minimum atomic E-state index is -0.441. The Morgan fingerprint density at radius 2 is 1.90 bits per heavy atom. The molecular formula is C25H32BrNO4. The van der Waals surface area contributed by atoms with E-state index in [4.69, 9.17) is 14.2 Å². The van der Waals surface area contributed by atoms with Crippen molar-refractivity contribution in [2.45, 2.75) is 51.9 Å². The van der Waals surface area contributed by atoms with E-state index < -0.39 is 6.09 Å². The summed E-state index contributed by atoms with van der Waals surface area (Å²) in [4.78, 5) is 12.1. The van der Waals surface area contributed by atoms with E-state index >= 15 is 0 Å². The zero-order valence-corrected chi connectivity index (χ0v) is 19.8. The molecule has 0 saturated carbocycles. The molecule has 1 amide bonds. The molecule has 168 valence electrons. The Kier molecular flexibility index (Phi) is 9.37. The lowest BCUT2D eigenvalue weighted by molar-refractivity contribution is -0.116. The fourth-order valence-corrected chi connectivity index (χ4v) is 4.04. The number of amides is 1. The standard InChI is InChI=1S/C25H32BrNO4/c1-18-8-13-23(31-24(18)14-15-29-17-20-6-4-3-5-7-20)19(2)16-30-25(28)27-22-11-9-21(26)10-12-22/h3-7,9-12,18-19,23-24H,8,13-17H2,1-2H3,(H,27,28)/t18-,19-,23+,24-/m1/s1. The zero-order chi connectivity index (χ0) is 22.1. The number of hydrogen-bond donors (Lipinski definition) is 1. The molecule has 6 heteroatoms. The summed E-state index contributed by atoms with van der Waals surface area (Å²) < 4.78 is 18.6. The number of anilines is 1. The third-order valence-corrected chi connectivity index (χ3v) is 6.28. The van der Waals surface area contributed by atoms with E-state index in [1.165, 1.54) is 5.56 Å². The van der Waals surface area contributed by atoms with Crippen molar-refractivity contribution in [1.29, 1.82) is 0 Å². The van der Waals surface area contributed by atoms with Crippen LogP contribution in [0.2, 0.25) is 0 Å². The molecule has 4 atom stereocenters. The van der Waals surface area contributed by atoms with Crippen molar-refractivity contribution >= 4 is 27.7 Å². The van der Waals surface area contributed by atoms with Crippen LogP contribution in [-0.4, -0.2) is 31.5 Å². The average molecular weight is 490 g/mol. The molecule has 5 nitrogen and oxygen atoms in total. The topological polar surface area (TPSA) is 56.8 Å². The summed E-state index contributed by atoms with van der Waals surface area (Å²) in [6.45, 7) is 5.96. The first-order chi connectivity index (χ1) is 15.0. The number of halogens is 1. The van der Waals surface area contributed by atoms with Crippen LogP contribution in [0.25, 0.3) is 0 Å². The van der Waals surface area contributed by atoms with Crippen LogP contribution in [0.5, 0.6) is 0 Å². The second kappa shape index (κ2) is 12.2. The molecule has 0 unspecified atom stereocenters. The highest BCUT2D eigenvalue weighted by Gasteiger charge is 2.31. The summed E-state index contributed by atoms with van der Waals surface area (Å²) in [6, 6.07) is 17.6. The minimum Gasteiger partial charge on any atom is -0.449 e. The molecule has 1 heterocycles. The van der Waals surface area contributed by atoms with Gasteiger partial charge in [0.25, 0.3) is 0 Å². The van der Waals surface area contributed by atoms with Gasteiger partial charge in [0.2, 0.25) is 0 Å². The fraction of sp³-hybridized carbons (Fsp3) is 0.480. The highest BCUT2D eigenvalue weighted by atomic mass is 79.9. The number of benzene rings is 2. The first kappa shape index (κ1) is 23.8. The quantitative estimate of drug-likeness (QED) is 0.412. The lowest BCUT2D eigenvalue weighted by atomic mass is 9.88. The second-order valence-corrected chi connectivity index (χ2v) is 9.22. The monoisotopic (exact) mass is 489 g/mol. The predicted octanol–water partition coefficient (Wildman–Crippen LogP) is 6.42. The summed E-state index contributed by atoms with van der Waals surface area (Å²) in [5, 5.41) is 2.75. The summed E-state index contributed by atoms with van der Waals surface area (Å²) in [7, 11) is 0. The summed E-state index contributed by atoms with van der Waals surface area (Å²) in [5.41, 5.74) is 1.89. The van der Waals surface area contributed by atoms with E-state index in [-0.39, 0.29) is 18.1 Å². The Bertz CT molecular complexity index is 799. The highest BCUT2D eigenvalue weighted by molar-refractivity contribution is 9.10. The number of ether oxygens (including phenoxy) is 3. The van der Waals surface area contributed by atoms with Crippen LogP contribution in [-0.2, 0) is 20.8 Å². The van der Waals surface area contributed by atoms with Gasteiger partial charge in [-0.3, -0.25) is 5.32 Å². The first-order valence-corrected chi connectivity index (χ1v) is 11.8. The maximum absolute atomic E-state index is 12.1. The van der Waals surface area contributed by atoms with Crippen molar-refractivity contribution in [1.82, 2.24) is 0 Å². The molecule has 2 aromatic carbocycles. The van der Waals surface area contributed by atoms with Crippen LogP contribution in [0.1, 0.15) is 38.7 Å². The molecule has 31 heavy (non-hydrogen) atoms. The van der Waals surface area contributed by atoms with E-state index in [2.05, 4.69) is 47.2 Å². The molecule has 1 aliphatic heterocycles. The molecule has 1 fully saturated rings. The Morgan fingerprint density at radius 1 is 1.16 bits per heavy atom. The molecule has 0 radical (unpaired) electrons. The lowest BCUT2D eigenvalue weighted by Gasteiger charge is -2.37. The van der Waals surface area contributed by atoms with Crippen molar-refractivity contribution in [2.75, 3.05) is 18.5 Å². The Hall–Kier alpha value is -1.89. The zero-order valence-electron chi connectivity index (χ0n) is 18.3. The second-order valence-electron chi connectivity index (χ2n) is 8.30. The van der Waals surface area contributed by atoms with E-state index in [0.717, 1.165) is 23.7 Å². The van der Waals surface area contributed by atoms with E-state index in [0.29, 0.717) is 31.4 Å². The number of nitrogens with one attached hydrogen (secondary N) is 1. The van der Waals surface area contributed by atoms with Gasteiger partial charge in [0.15, 0.2) is 0 Å². The molecule has 0 aromatic heterocycles. The number of carbonyl (C=O) groups excluding carboxylic acids is 1. The van der Waals surface area contributed by atoms with Crippen LogP contribution in [0, 0.1) is 11.8 Å². The van der Waals surface area contributed by atoms with Crippen LogP contribution in [0.3, 0.4) is 0 Å². The molecule has 1 saturated heterocycles. The van der Waals surface area contributed by atoms with E-state index in [9.17, 15) is 4.79 Å². The Balaban J connectivity index is 1.37. The molecule has 1 N–H and O–H groups in total. The molecule has 2 aromatic rings. The SMILES string of the molecule is C[C@H](COC(=O)Nc1ccc(Br)cc1)[C@@H]1CC[C@@H](C)[C@@H](CCOCc2ccccc2)O1. The van der Waals surface area contributed by atoms with Gasteiger partial charge in [-0.15, -0.1) is 0 Å². The van der Waals surface area contributed by atoms with Crippen LogP contribution in [0.4, 0.5) is 10.5 Å². The van der Waals surface area contributed by atoms with Crippen LogP contribution in [0.15, 0.2) is 59.1 Å². The molecule has 1 aliphatic rings. The largest absolute Gasteiger partial charge is 0.449 e. The number of carbonyl (C=O) groups is 1. The molecule has 0 bridgehead atoms. The van der Waals surface area contributed by atoms with Gasteiger partial charge in [0, 0.05) is 22.7 Å². The van der Waals surface area contributed by atoms with Gasteiger partial charge in [-0.1, -0.05) is 60.1 Å². The molecule has 0 aliphatic carbocycles. The summed E-state index contributed by atoms with van der Waals surface area (Å²) >= 11 is 3.38. The van der Waals surface area contributed by atoms with Gasteiger partial charge >= 0.3 is 6.09 Å². The van der Waals surface area contributed by atoms with Gasteiger partial charge < -0.3 is 14.2 Å². The predicted molar refractivity (Wildman–Crippen MR) is 126 cm³/mol. The third kappa shape index (κ3) is 7.95. The van der Waals surface area contributed by atoms with Crippen molar-refractivity contribution < 1.29 is 19.0 Å². The summed E-state index contributed by atoms with van der Waals surface area (Å²) in [5.74, 6) is 0.640. The van der Waals surface area contributed by atoms with E-state index in [1.807, 2.05) is 42.5 Å². The van der Waals surface area contributed by atoms with Gasteiger partial charge in [-0.2, -0.15) is 0 Å². The van der Waals surface area contributed by atoms with E-state index in [1.54, 1.807) is 0 Å². The Morgan fingerprint density at radius 3 is 2.65 bits per heavy atom. The molecular weight excluding hydrogens is 458 g/mol. The average Bonchev–Trinajstić information content (AvgIpc) is 2.78. The molecule has 0 spiro atoms. The first-order valence-electron chi connectivity index (χ1n) is 11.0. The number of hydrogen-bond acceptors (Lipinski definition) is 4. The smallest absolute Gasteiger partial charge is 0.411 e. The van der Waals surface area contributed by atoms with Crippen molar-refractivity contribution in [3.05, 3.63) is 64.6 Å². The number of rotatable bonds is 9. The maximum Gasteiger partial charge on any atom is 0.411 e. The third-order valence-electron chi connectivity index (χ3n) is 5.75. The van der Waals surface area contributed by atoms with Gasteiger partial charge in [-0.25, -0.2) is 4.79 Å². The van der Waals surface area contributed by atoms with Crippen molar-refractivity contribution in [3.63, 3.8) is 0 Å². The normalized spacial score (nSPS) is 22.0. The van der Waals surface area contributed by atoms with Crippen molar-refractivity contribution in [2.24, 2.45) is 11.8 Å². The minimum absolute atomic E-state index is 0.0933. The lowest BCUT2D eigenvalue weighted by Crippen LogP contribution is -2.39. The molecule has 3 rings (SSSR count).